The minimum Gasteiger partial charge on any atom is -0.496 e. The highest BCUT2D eigenvalue weighted by Crippen LogP contribution is 2.21. The Morgan fingerprint density at radius 2 is 1.57 bits per heavy atom. The highest BCUT2D eigenvalue weighted by atomic mass is 19.1. The standard InChI is InChI=1S/C23H17FO4/c1-27-22-5-3-2-4-20(22)23(26)28-19-13-9-17(10-14-19)21(25)15-8-16-6-11-18(24)12-7-16/h2-15H,1H3/b15-8+. The second-order valence-electron chi connectivity index (χ2n) is 5.86. The van der Waals surface area contributed by atoms with Gasteiger partial charge in [-0.15, -0.1) is 0 Å². The van der Waals surface area contributed by atoms with Gasteiger partial charge in [-0.05, 0) is 60.2 Å². The van der Waals surface area contributed by atoms with Crippen molar-refractivity contribution in [3.8, 4) is 11.5 Å². The van der Waals surface area contributed by atoms with Gasteiger partial charge in [-0.2, -0.15) is 0 Å². The molecule has 3 aromatic rings. The number of esters is 1. The molecule has 0 aliphatic rings. The van der Waals surface area contributed by atoms with Gasteiger partial charge in [0.2, 0.25) is 0 Å². The number of ketones is 1. The van der Waals surface area contributed by atoms with Crippen molar-refractivity contribution < 1.29 is 23.5 Å². The van der Waals surface area contributed by atoms with Gasteiger partial charge < -0.3 is 9.47 Å². The van der Waals surface area contributed by atoms with Crippen LogP contribution in [0.3, 0.4) is 0 Å². The minimum atomic E-state index is -0.548. The summed E-state index contributed by atoms with van der Waals surface area (Å²) in [4.78, 5) is 24.5. The zero-order valence-corrected chi connectivity index (χ0v) is 15.1. The molecule has 0 N–H and O–H groups in total. The second kappa shape index (κ2) is 8.77. The summed E-state index contributed by atoms with van der Waals surface area (Å²) in [5, 5.41) is 0. The molecule has 140 valence electrons. The van der Waals surface area contributed by atoms with E-state index in [9.17, 15) is 14.0 Å². The van der Waals surface area contributed by atoms with Crippen molar-refractivity contribution in [2.45, 2.75) is 0 Å². The fraction of sp³-hybridized carbons (Fsp3) is 0.0435. The number of halogens is 1. The summed E-state index contributed by atoms with van der Waals surface area (Å²) in [6.07, 6.45) is 3.01. The van der Waals surface area contributed by atoms with E-state index >= 15 is 0 Å². The van der Waals surface area contributed by atoms with Gasteiger partial charge in [0.05, 0.1) is 7.11 Å². The van der Waals surface area contributed by atoms with Crippen LogP contribution in [-0.2, 0) is 0 Å². The molecule has 0 saturated heterocycles. The van der Waals surface area contributed by atoms with Crippen molar-refractivity contribution in [1.82, 2.24) is 0 Å². The number of ether oxygens (including phenoxy) is 2. The predicted octanol–water partition coefficient (Wildman–Crippen LogP) is 4.95. The van der Waals surface area contributed by atoms with E-state index < -0.39 is 5.97 Å². The van der Waals surface area contributed by atoms with Gasteiger partial charge in [0.1, 0.15) is 22.9 Å². The molecule has 4 nitrogen and oxygen atoms in total. The highest BCUT2D eigenvalue weighted by Gasteiger charge is 2.14. The number of carbonyl (C=O) groups excluding carboxylic acids is 2. The van der Waals surface area contributed by atoms with Gasteiger partial charge in [-0.3, -0.25) is 4.79 Å². The molecule has 0 fully saturated rings. The molecule has 0 atom stereocenters. The number of benzene rings is 3. The minimum absolute atomic E-state index is 0.216. The van der Waals surface area contributed by atoms with Gasteiger partial charge in [-0.25, -0.2) is 9.18 Å². The monoisotopic (exact) mass is 376 g/mol. The van der Waals surface area contributed by atoms with Crippen LogP contribution in [-0.4, -0.2) is 18.9 Å². The van der Waals surface area contributed by atoms with Crippen LogP contribution in [0.2, 0.25) is 0 Å². The summed E-state index contributed by atoms with van der Waals surface area (Å²) < 4.78 is 23.4. The van der Waals surface area contributed by atoms with Crippen molar-refractivity contribution in [3.05, 3.63) is 101 Å². The van der Waals surface area contributed by atoms with Crippen molar-refractivity contribution in [2.75, 3.05) is 7.11 Å². The molecule has 0 unspecified atom stereocenters. The van der Waals surface area contributed by atoms with Crippen LogP contribution in [0.5, 0.6) is 11.5 Å². The first-order valence-electron chi connectivity index (χ1n) is 8.50. The quantitative estimate of drug-likeness (QED) is 0.264. The van der Waals surface area contributed by atoms with Crippen molar-refractivity contribution >= 4 is 17.8 Å². The maximum atomic E-state index is 12.9. The molecule has 0 aliphatic carbocycles. The smallest absolute Gasteiger partial charge is 0.347 e. The van der Waals surface area contributed by atoms with Gasteiger partial charge in [0.25, 0.3) is 0 Å². The van der Waals surface area contributed by atoms with E-state index in [4.69, 9.17) is 9.47 Å². The van der Waals surface area contributed by atoms with Crippen molar-refractivity contribution in [3.63, 3.8) is 0 Å². The molecule has 3 aromatic carbocycles. The van der Waals surface area contributed by atoms with E-state index in [-0.39, 0.29) is 11.6 Å². The van der Waals surface area contributed by atoms with Gasteiger partial charge in [0.15, 0.2) is 5.78 Å². The Morgan fingerprint density at radius 3 is 2.25 bits per heavy atom. The molecule has 0 spiro atoms. The van der Waals surface area contributed by atoms with Crippen LogP contribution in [0.4, 0.5) is 4.39 Å². The van der Waals surface area contributed by atoms with E-state index in [2.05, 4.69) is 0 Å². The van der Waals surface area contributed by atoms with E-state index in [1.165, 1.54) is 25.3 Å². The third-order valence-corrected chi connectivity index (χ3v) is 3.97. The molecule has 28 heavy (non-hydrogen) atoms. The highest BCUT2D eigenvalue weighted by molar-refractivity contribution is 6.06. The Bertz CT molecular complexity index is 1010. The van der Waals surface area contributed by atoms with Crippen LogP contribution in [0.15, 0.2) is 78.9 Å². The number of carbonyl (C=O) groups is 2. The average Bonchev–Trinajstić information content (AvgIpc) is 2.73. The summed E-state index contributed by atoms with van der Waals surface area (Å²) in [6, 6.07) is 18.8. The van der Waals surface area contributed by atoms with Crippen molar-refractivity contribution in [2.24, 2.45) is 0 Å². The maximum Gasteiger partial charge on any atom is 0.347 e. The largest absolute Gasteiger partial charge is 0.496 e. The molecule has 0 aliphatic heterocycles. The number of hydrogen-bond acceptors (Lipinski definition) is 4. The Hall–Kier alpha value is -3.73. The first kappa shape index (κ1) is 19.0. The van der Waals surface area contributed by atoms with Gasteiger partial charge in [0, 0.05) is 5.56 Å². The fourth-order valence-electron chi connectivity index (χ4n) is 2.50. The van der Waals surface area contributed by atoms with E-state index in [0.717, 1.165) is 5.56 Å². The van der Waals surface area contributed by atoms with Crippen LogP contribution >= 0.6 is 0 Å². The molecule has 0 saturated carbocycles. The lowest BCUT2D eigenvalue weighted by Gasteiger charge is -2.08. The zero-order valence-electron chi connectivity index (χ0n) is 15.1. The Labute approximate surface area is 161 Å². The van der Waals surface area contributed by atoms with E-state index in [1.54, 1.807) is 66.7 Å². The summed E-state index contributed by atoms with van der Waals surface area (Å²) in [5.74, 6) is -0.360. The third kappa shape index (κ3) is 4.71. The van der Waals surface area contributed by atoms with Crippen LogP contribution < -0.4 is 9.47 Å². The summed E-state index contributed by atoms with van der Waals surface area (Å²) in [5.41, 5.74) is 1.47. The molecule has 0 bridgehead atoms. The summed E-state index contributed by atoms with van der Waals surface area (Å²) in [6.45, 7) is 0. The molecule has 5 heteroatoms. The first-order chi connectivity index (χ1) is 13.6. The molecule has 3 rings (SSSR count). The number of rotatable bonds is 6. The number of para-hydroxylation sites is 1. The van der Waals surface area contributed by atoms with Crippen LogP contribution in [0.25, 0.3) is 6.08 Å². The molecule has 0 heterocycles. The van der Waals surface area contributed by atoms with Gasteiger partial charge >= 0.3 is 5.97 Å². The lowest BCUT2D eigenvalue weighted by Crippen LogP contribution is -2.10. The normalized spacial score (nSPS) is 10.6. The van der Waals surface area contributed by atoms with E-state index in [1.807, 2.05) is 0 Å². The predicted molar refractivity (Wildman–Crippen MR) is 104 cm³/mol. The summed E-state index contributed by atoms with van der Waals surface area (Å²) >= 11 is 0. The third-order valence-electron chi connectivity index (χ3n) is 3.97. The Morgan fingerprint density at radius 1 is 0.893 bits per heavy atom. The number of methoxy groups -OCH3 is 1. The molecular formula is C23H17FO4. The van der Waals surface area contributed by atoms with E-state index in [0.29, 0.717) is 22.6 Å². The van der Waals surface area contributed by atoms with Crippen LogP contribution in [0, 0.1) is 5.82 Å². The number of hydrogen-bond donors (Lipinski definition) is 0. The number of allylic oxidation sites excluding steroid dienone is 1. The topological polar surface area (TPSA) is 52.6 Å². The molecule has 0 aromatic heterocycles. The summed E-state index contributed by atoms with van der Waals surface area (Å²) in [7, 11) is 1.48. The average molecular weight is 376 g/mol. The van der Waals surface area contributed by atoms with Crippen molar-refractivity contribution in [1.29, 1.82) is 0 Å². The maximum absolute atomic E-state index is 12.9. The second-order valence-corrected chi connectivity index (χ2v) is 5.86. The lowest BCUT2D eigenvalue weighted by atomic mass is 10.1. The Balaban J connectivity index is 1.66. The molecule has 0 amide bonds. The van der Waals surface area contributed by atoms with Crippen LogP contribution in [0.1, 0.15) is 26.3 Å². The lowest BCUT2D eigenvalue weighted by molar-refractivity contribution is 0.0731. The zero-order chi connectivity index (χ0) is 19.9. The molecule has 0 radical (unpaired) electrons. The SMILES string of the molecule is COc1ccccc1C(=O)Oc1ccc(C(=O)/C=C/c2ccc(F)cc2)cc1. The van der Waals surface area contributed by atoms with Gasteiger partial charge in [-0.1, -0.05) is 30.3 Å². The first-order valence-corrected chi connectivity index (χ1v) is 8.50. The fourth-order valence-corrected chi connectivity index (χ4v) is 2.50. The Kier molecular flexibility index (Phi) is 5.97. The molecular weight excluding hydrogens is 359 g/mol.